The lowest BCUT2D eigenvalue weighted by Gasteiger charge is -2.21. The van der Waals surface area contributed by atoms with Gasteiger partial charge < -0.3 is 5.32 Å². The molecule has 0 aliphatic rings. The van der Waals surface area contributed by atoms with Gasteiger partial charge in [-0.2, -0.15) is 5.26 Å². The van der Waals surface area contributed by atoms with E-state index in [2.05, 4.69) is 48.8 Å². The first kappa shape index (κ1) is 13.1. The summed E-state index contributed by atoms with van der Waals surface area (Å²) in [5.74, 6) is 0.0325. The van der Waals surface area contributed by atoms with E-state index in [1.807, 2.05) is 7.05 Å². The highest BCUT2D eigenvalue weighted by atomic mass is 32.2. The molecule has 2 unspecified atom stereocenters. The molecule has 0 aliphatic carbocycles. The molecule has 0 aliphatic heterocycles. The van der Waals surface area contributed by atoms with E-state index in [1.165, 1.54) is 10.5 Å². The summed E-state index contributed by atoms with van der Waals surface area (Å²) in [4.78, 5) is 1.25. The van der Waals surface area contributed by atoms with E-state index in [-0.39, 0.29) is 12.0 Å². The van der Waals surface area contributed by atoms with Crippen LogP contribution in [0.25, 0.3) is 0 Å². The standard InChI is InChI=1S/C13H18N2S/c1-4-10(9-14)13(15-2)11-5-7-12(16-3)8-6-11/h5-8,10,13,15H,4H2,1-3H3. The quantitative estimate of drug-likeness (QED) is 0.795. The molecule has 0 aromatic heterocycles. The molecule has 1 rings (SSSR count). The predicted molar refractivity (Wildman–Crippen MR) is 69.4 cm³/mol. The Balaban J connectivity index is 2.91. The minimum atomic E-state index is 0.0325. The van der Waals surface area contributed by atoms with Crippen LogP contribution in [0.5, 0.6) is 0 Å². The first-order valence-corrected chi connectivity index (χ1v) is 6.70. The highest BCUT2D eigenvalue weighted by molar-refractivity contribution is 7.98. The van der Waals surface area contributed by atoms with Gasteiger partial charge in [-0.25, -0.2) is 0 Å². The number of thioether (sulfide) groups is 1. The fraction of sp³-hybridized carbons (Fsp3) is 0.462. The Bertz CT molecular complexity index is 353. The molecule has 0 saturated heterocycles. The van der Waals surface area contributed by atoms with E-state index in [9.17, 15) is 0 Å². The van der Waals surface area contributed by atoms with Gasteiger partial charge in [0.25, 0.3) is 0 Å². The largest absolute Gasteiger partial charge is 0.312 e. The zero-order valence-electron chi connectivity index (χ0n) is 10.0. The van der Waals surface area contributed by atoms with Crippen LogP contribution in [-0.2, 0) is 0 Å². The van der Waals surface area contributed by atoms with Crippen LogP contribution in [-0.4, -0.2) is 13.3 Å². The van der Waals surface area contributed by atoms with E-state index in [1.54, 1.807) is 11.8 Å². The molecular formula is C13H18N2S. The number of hydrogen-bond donors (Lipinski definition) is 1. The van der Waals surface area contributed by atoms with Gasteiger partial charge in [-0.15, -0.1) is 11.8 Å². The summed E-state index contributed by atoms with van der Waals surface area (Å²) in [5, 5.41) is 12.3. The van der Waals surface area contributed by atoms with Crippen molar-refractivity contribution in [1.29, 1.82) is 5.26 Å². The summed E-state index contributed by atoms with van der Waals surface area (Å²) in [7, 11) is 1.91. The summed E-state index contributed by atoms with van der Waals surface area (Å²) >= 11 is 1.73. The highest BCUT2D eigenvalue weighted by Gasteiger charge is 2.19. The van der Waals surface area contributed by atoms with Gasteiger partial charge in [0, 0.05) is 10.9 Å². The highest BCUT2D eigenvalue weighted by Crippen LogP contribution is 2.25. The molecule has 0 amide bonds. The molecule has 0 fully saturated rings. The third-order valence-electron chi connectivity index (χ3n) is 2.79. The Morgan fingerprint density at radius 3 is 2.38 bits per heavy atom. The van der Waals surface area contributed by atoms with Crippen LogP contribution >= 0.6 is 11.8 Å². The fourth-order valence-corrected chi connectivity index (χ4v) is 2.22. The van der Waals surface area contributed by atoms with Crippen molar-refractivity contribution in [3.8, 4) is 6.07 Å². The molecule has 2 nitrogen and oxygen atoms in total. The van der Waals surface area contributed by atoms with Gasteiger partial charge in [0.1, 0.15) is 0 Å². The summed E-state index contributed by atoms with van der Waals surface area (Å²) in [6, 6.07) is 10.9. The van der Waals surface area contributed by atoms with Crippen molar-refractivity contribution >= 4 is 11.8 Å². The molecule has 1 aromatic rings. The van der Waals surface area contributed by atoms with E-state index in [0.717, 1.165) is 6.42 Å². The van der Waals surface area contributed by atoms with Crippen molar-refractivity contribution in [3.63, 3.8) is 0 Å². The van der Waals surface area contributed by atoms with Gasteiger partial charge in [0.15, 0.2) is 0 Å². The van der Waals surface area contributed by atoms with Crippen molar-refractivity contribution in [2.75, 3.05) is 13.3 Å². The molecule has 2 atom stereocenters. The van der Waals surface area contributed by atoms with E-state index in [4.69, 9.17) is 5.26 Å². The number of nitriles is 1. The minimum absolute atomic E-state index is 0.0325. The minimum Gasteiger partial charge on any atom is -0.312 e. The van der Waals surface area contributed by atoms with Gasteiger partial charge in [-0.1, -0.05) is 19.1 Å². The normalized spacial score (nSPS) is 14.1. The fourth-order valence-electron chi connectivity index (χ4n) is 1.81. The Morgan fingerprint density at radius 1 is 1.38 bits per heavy atom. The van der Waals surface area contributed by atoms with Crippen molar-refractivity contribution < 1.29 is 0 Å². The van der Waals surface area contributed by atoms with E-state index >= 15 is 0 Å². The third-order valence-corrected chi connectivity index (χ3v) is 3.54. The monoisotopic (exact) mass is 234 g/mol. The van der Waals surface area contributed by atoms with Gasteiger partial charge >= 0.3 is 0 Å². The third kappa shape index (κ3) is 3.01. The Hall–Kier alpha value is -0.980. The summed E-state index contributed by atoms with van der Waals surface area (Å²) in [6.45, 7) is 2.05. The van der Waals surface area contributed by atoms with E-state index < -0.39 is 0 Å². The maximum Gasteiger partial charge on any atom is 0.0675 e. The van der Waals surface area contributed by atoms with Crippen molar-refractivity contribution in [3.05, 3.63) is 29.8 Å². The number of nitrogens with zero attached hydrogens (tertiary/aromatic N) is 1. The SMILES string of the molecule is CCC(C#N)C(NC)c1ccc(SC)cc1. The lowest BCUT2D eigenvalue weighted by molar-refractivity contribution is 0.449. The van der Waals surface area contributed by atoms with Crippen molar-refractivity contribution in [2.45, 2.75) is 24.3 Å². The molecular weight excluding hydrogens is 216 g/mol. The number of nitrogens with one attached hydrogen (secondary N) is 1. The van der Waals surface area contributed by atoms with Crippen LogP contribution < -0.4 is 5.32 Å². The Kier molecular flexibility index (Phi) is 5.37. The first-order valence-electron chi connectivity index (χ1n) is 5.47. The Labute approximate surface area is 102 Å². The molecule has 86 valence electrons. The number of benzene rings is 1. The molecule has 0 saturated carbocycles. The predicted octanol–water partition coefficient (Wildman–Crippen LogP) is 3.22. The molecule has 16 heavy (non-hydrogen) atoms. The van der Waals surface area contributed by atoms with Crippen LogP contribution in [0.15, 0.2) is 29.2 Å². The number of rotatable bonds is 5. The molecule has 0 radical (unpaired) electrons. The topological polar surface area (TPSA) is 35.8 Å². The second-order valence-electron chi connectivity index (χ2n) is 3.68. The summed E-state index contributed by atoms with van der Waals surface area (Å²) < 4.78 is 0. The smallest absolute Gasteiger partial charge is 0.0675 e. The van der Waals surface area contributed by atoms with Gasteiger partial charge in [0.05, 0.1) is 12.0 Å². The lowest BCUT2D eigenvalue weighted by atomic mass is 9.92. The van der Waals surface area contributed by atoms with E-state index in [0.29, 0.717) is 0 Å². The average Bonchev–Trinajstić information content (AvgIpc) is 2.36. The Morgan fingerprint density at radius 2 is 2.00 bits per heavy atom. The molecule has 0 bridgehead atoms. The first-order chi connectivity index (χ1) is 7.76. The summed E-state index contributed by atoms with van der Waals surface area (Å²) in [5.41, 5.74) is 1.19. The summed E-state index contributed by atoms with van der Waals surface area (Å²) in [6.07, 6.45) is 2.93. The van der Waals surface area contributed by atoms with Crippen LogP contribution in [0.2, 0.25) is 0 Å². The van der Waals surface area contributed by atoms with Gasteiger partial charge in [-0.3, -0.25) is 0 Å². The van der Waals surface area contributed by atoms with Crippen LogP contribution in [0.4, 0.5) is 0 Å². The van der Waals surface area contributed by atoms with Gasteiger partial charge in [0.2, 0.25) is 0 Å². The molecule has 3 heteroatoms. The maximum atomic E-state index is 9.10. The lowest BCUT2D eigenvalue weighted by Crippen LogP contribution is -2.23. The van der Waals surface area contributed by atoms with Crippen LogP contribution in [0, 0.1) is 17.2 Å². The maximum absolute atomic E-state index is 9.10. The van der Waals surface area contributed by atoms with Crippen LogP contribution in [0.3, 0.4) is 0 Å². The second kappa shape index (κ2) is 6.57. The van der Waals surface area contributed by atoms with Crippen molar-refractivity contribution in [2.24, 2.45) is 5.92 Å². The zero-order valence-corrected chi connectivity index (χ0v) is 10.8. The van der Waals surface area contributed by atoms with Gasteiger partial charge in [-0.05, 0) is 37.4 Å². The average molecular weight is 234 g/mol. The second-order valence-corrected chi connectivity index (χ2v) is 4.56. The van der Waals surface area contributed by atoms with Crippen molar-refractivity contribution in [1.82, 2.24) is 5.32 Å². The molecule has 0 heterocycles. The zero-order chi connectivity index (χ0) is 12.0. The molecule has 1 aromatic carbocycles. The number of hydrogen-bond acceptors (Lipinski definition) is 3. The van der Waals surface area contributed by atoms with Crippen LogP contribution in [0.1, 0.15) is 24.9 Å². The molecule has 1 N–H and O–H groups in total. The molecule has 0 spiro atoms.